The van der Waals surface area contributed by atoms with E-state index >= 15 is 0 Å². The molecular formula is C18H21FN4O2. The number of β-amino-alcohol motifs (C(OH)–C–C–N with tert-alkyl or cyclic N) is 1. The number of aliphatic hydroxyl groups excluding tert-OH is 1. The van der Waals surface area contributed by atoms with Crippen molar-refractivity contribution in [1.82, 2.24) is 9.97 Å². The molecule has 25 heavy (non-hydrogen) atoms. The van der Waals surface area contributed by atoms with Crippen LogP contribution in [-0.2, 0) is 4.74 Å². The standard InChI is InChI=1S/C18H21FN4O2/c19-14-3-1-13(2-4-14)16-9-15(24)11-23(16)18-10-17(20-12-21-18)22-5-7-25-8-6-22/h1-4,10,12,15-16,24H,5-9,11H2. The summed E-state index contributed by atoms with van der Waals surface area (Å²) in [4.78, 5) is 13.0. The highest BCUT2D eigenvalue weighted by molar-refractivity contribution is 5.53. The van der Waals surface area contributed by atoms with Crippen LogP contribution in [0.25, 0.3) is 0 Å². The highest BCUT2D eigenvalue weighted by atomic mass is 19.1. The normalized spacial score (nSPS) is 23.9. The van der Waals surface area contributed by atoms with E-state index in [9.17, 15) is 9.50 Å². The van der Waals surface area contributed by atoms with Gasteiger partial charge in [0.2, 0.25) is 0 Å². The van der Waals surface area contributed by atoms with Crippen molar-refractivity contribution in [3.05, 3.63) is 48.0 Å². The first-order chi connectivity index (χ1) is 12.2. The first-order valence-corrected chi connectivity index (χ1v) is 8.55. The number of hydrogen-bond acceptors (Lipinski definition) is 6. The topological polar surface area (TPSA) is 61.7 Å². The summed E-state index contributed by atoms with van der Waals surface area (Å²) in [5, 5.41) is 10.2. The van der Waals surface area contributed by atoms with Gasteiger partial charge in [-0.15, -0.1) is 0 Å². The number of morpholine rings is 1. The van der Waals surface area contributed by atoms with Crippen molar-refractivity contribution >= 4 is 11.6 Å². The van der Waals surface area contributed by atoms with E-state index < -0.39 is 6.10 Å². The molecule has 4 rings (SSSR count). The minimum Gasteiger partial charge on any atom is -0.391 e. The van der Waals surface area contributed by atoms with Crippen LogP contribution in [0.2, 0.25) is 0 Å². The van der Waals surface area contributed by atoms with E-state index in [1.165, 1.54) is 12.1 Å². The Morgan fingerprint density at radius 2 is 1.80 bits per heavy atom. The van der Waals surface area contributed by atoms with Gasteiger partial charge in [-0.1, -0.05) is 12.1 Å². The third-order valence-electron chi connectivity index (χ3n) is 4.80. The van der Waals surface area contributed by atoms with Gasteiger partial charge in [0.25, 0.3) is 0 Å². The van der Waals surface area contributed by atoms with Gasteiger partial charge in [0.15, 0.2) is 0 Å². The zero-order valence-electron chi connectivity index (χ0n) is 13.9. The fourth-order valence-electron chi connectivity index (χ4n) is 3.53. The van der Waals surface area contributed by atoms with E-state index in [2.05, 4.69) is 19.8 Å². The number of halogens is 1. The third-order valence-corrected chi connectivity index (χ3v) is 4.80. The Morgan fingerprint density at radius 1 is 1.08 bits per heavy atom. The number of ether oxygens (including phenoxy) is 1. The van der Waals surface area contributed by atoms with Gasteiger partial charge in [0.1, 0.15) is 23.8 Å². The first kappa shape index (κ1) is 16.2. The van der Waals surface area contributed by atoms with Crippen molar-refractivity contribution in [1.29, 1.82) is 0 Å². The maximum atomic E-state index is 13.2. The van der Waals surface area contributed by atoms with E-state index in [1.807, 2.05) is 6.07 Å². The second-order valence-corrected chi connectivity index (χ2v) is 6.44. The van der Waals surface area contributed by atoms with Gasteiger partial charge in [0, 0.05) is 25.7 Å². The molecule has 2 fully saturated rings. The monoisotopic (exact) mass is 344 g/mol. The SMILES string of the molecule is OC1CC(c2ccc(F)cc2)N(c2cc(N3CCOCC3)ncn2)C1. The molecular weight excluding hydrogens is 323 g/mol. The molecule has 0 aliphatic carbocycles. The molecule has 0 saturated carbocycles. The van der Waals surface area contributed by atoms with Gasteiger partial charge in [-0.3, -0.25) is 0 Å². The van der Waals surface area contributed by atoms with Crippen LogP contribution in [0.1, 0.15) is 18.0 Å². The van der Waals surface area contributed by atoms with Gasteiger partial charge < -0.3 is 19.6 Å². The maximum absolute atomic E-state index is 13.2. The molecule has 2 aromatic rings. The Labute approximate surface area is 145 Å². The molecule has 1 aromatic carbocycles. The van der Waals surface area contributed by atoms with Crippen molar-refractivity contribution in [2.75, 3.05) is 42.6 Å². The average molecular weight is 344 g/mol. The number of nitrogens with zero attached hydrogens (tertiary/aromatic N) is 4. The molecule has 3 heterocycles. The van der Waals surface area contributed by atoms with E-state index in [0.717, 1.165) is 30.3 Å². The largest absolute Gasteiger partial charge is 0.391 e. The molecule has 2 atom stereocenters. The summed E-state index contributed by atoms with van der Waals surface area (Å²) < 4.78 is 18.6. The quantitative estimate of drug-likeness (QED) is 0.916. The van der Waals surface area contributed by atoms with Crippen LogP contribution in [0.15, 0.2) is 36.7 Å². The number of hydrogen-bond donors (Lipinski definition) is 1. The lowest BCUT2D eigenvalue weighted by molar-refractivity contribution is 0.122. The zero-order valence-corrected chi connectivity index (χ0v) is 13.9. The van der Waals surface area contributed by atoms with Gasteiger partial charge in [-0.2, -0.15) is 0 Å². The lowest BCUT2D eigenvalue weighted by Crippen LogP contribution is -2.37. The van der Waals surface area contributed by atoms with Crippen LogP contribution in [-0.4, -0.2) is 54.0 Å². The summed E-state index contributed by atoms with van der Waals surface area (Å²) >= 11 is 0. The summed E-state index contributed by atoms with van der Waals surface area (Å²) in [6.07, 6.45) is 1.73. The Bertz CT molecular complexity index is 721. The molecule has 2 saturated heterocycles. The van der Waals surface area contributed by atoms with E-state index in [4.69, 9.17) is 4.74 Å². The van der Waals surface area contributed by atoms with Crippen LogP contribution in [0, 0.1) is 5.82 Å². The predicted molar refractivity (Wildman–Crippen MR) is 92.2 cm³/mol. The summed E-state index contributed by atoms with van der Waals surface area (Å²) in [6, 6.07) is 8.39. The van der Waals surface area contributed by atoms with Crippen molar-refractivity contribution in [3.8, 4) is 0 Å². The van der Waals surface area contributed by atoms with Crippen molar-refractivity contribution in [3.63, 3.8) is 0 Å². The molecule has 0 spiro atoms. The molecule has 132 valence electrons. The zero-order chi connectivity index (χ0) is 17.2. The summed E-state index contributed by atoms with van der Waals surface area (Å²) in [6.45, 7) is 3.50. The summed E-state index contributed by atoms with van der Waals surface area (Å²) in [5.74, 6) is 1.39. The molecule has 6 nitrogen and oxygen atoms in total. The smallest absolute Gasteiger partial charge is 0.134 e. The van der Waals surface area contributed by atoms with Crippen LogP contribution >= 0.6 is 0 Å². The fraction of sp³-hybridized carbons (Fsp3) is 0.444. The number of aromatic nitrogens is 2. The Hall–Kier alpha value is -2.25. The summed E-state index contributed by atoms with van der Waals surface area (Å²) in [7, 11) is 0. The van der Waals surface area contributed by atoms with Gasteiger partial charge in [-0.05, 0) is 24.1 Å². The molecule has 2 unspecified atom stereocenters. The fourth-order valence-corrected chi connectivity index (χ4v) is 3.53. The maximum Gasteiger partial charge on any atom is 0.134 e. The first-order valence-electron chi connectivity index (χ1n) is 8.55. The van der Waals surface area contributed by atoms with Crippen LogP contribution in [0.5, 0.6) is 0 Å². The van der Waals surface area contributed by atoms with Crippen LogP contribution < -0.4 is 9.80 Å². The molecule has 7 heteroatoms. The van der Waals surface area contributed by atoms with Crippen LogP contribution in [0.4, 0.5) is 16.0 Å². The lowest BCUT2D eigenvalue weighted by atomic mass is 10.0. The highest BCUT2D eigenvalue weighted by Crippen LogP contribution is 2.36. The molecule has 2 aliphatic rings. The van der Waals surface area contributed by atoms with E-state index in [1.54, 1.807) is 18.5 Å². The molecule has 0 radical (unpaired) electrons. The van der Waals surface area contributed by atoms with Crippen molar-refractivity contribution < 1.29 is 14.2 Å². The molecule has 1 N–H and O–H groups in total. The molecule has 0 bridgehead atoms. The summed E-state index contributed by atoms with van der Waals surface area (Å²) in [5.41, 5.74) is 0.976. The number of benzene rings is 1. The number of rotatable bonds is 3. The van der Waals surface area contributed by atoms with E-state index in [-0.39, 0.29) is 11.9 Å². The average Bonchev–Trinajstić information content (AvgIpc) is 3.05. The number of anilines is 2. The Balaban J connectivity index is 1.61. The van der Waals surface area contributed by atoms with E-state index in [0.29, 0.717) is 26.2 Å². The predicted octanol–water partition coefficient (Wildman–Crippen LogP) is 1.76. The van der Waals surface area contributed by atoms with Crippen LogP contribution in [0.3, 0.4) is 0 Å². The van der Waals surface area contributed by atoms with Crippen molar-refractivity contribution in [2.24, 2.45) is 0 Å². The second kappa shape index (κ2) is 6.93. The minimum atomic E-state index is -0.433. The van der Waals surface area contributed by atoms with Crippen molar-refractivity contribution in [2.45, 2.75) is 18.6 Å². The van der Waals surface area contributed by atoms with Gasteiger partial charge in [-0.25, -0.2) is 14.4 Å². The minimum absolute atomic E-state index is 0.0250. The van der Waals surface area contributed by atoms with Gasteiger partial charge >= 0.3 is 0 Å². The molecule has 1 aromatic heterocycles. The second-order valence-electron chi connectivity index (χ2n) is 6.44. The number of aliphatic hydroxyl groups is 1. The highest BCUT2D eigenvalue weighted by Gasteiger charge is 2.33. The lowest BCUT2D eigenvalue weighted by Gasteiger charge is -2.30. The van der Waals surface area contributed by atoms with Gasteiger partial charge in [0.05, 0.1) is 25.4 Å². The molecule has 2 aliphatic heterocycles. The third kappa shape index (κ3) is 3.43. The molecule has 0 amide bonds. The Morgan fingerprint density at radius 3 is 2.56 bits per heavy atom. The Kier molecular flexibility index (Phi) is 4.50.